The van der Waals surface area contributed by atoms with E-state index in [1.54, 1.807) is 6.92 Å². The van der Waals surface area contributed by atoms with E-state index >= 15 is 0 Å². The smallest absolute Gasteiger partial charge is 0.335 e. The van der Waals surface area contributed by atoms with E-state index in [0.29, 0.717) is 17.2 Å². The molecule has 206 valence electrons. The van der Waals surface area contributed by atoms with Gasteiger partial charge in [-0.25, -0.2) is 4.58 Å². The molecule has 0 radical (unpaired) electrons. The van der Waals surface area contributed by atoms with E-state index in [2.05, 4.69) is 39.7 Å². The number of likely N-dealkylation sites (tertiary alicyclic amines) is 1. The normalized spacial score (nSPS) is 17.8. The molecule has 2 aromatic heterocycles. The van der Waals surface area contributed by atoms with Gasteiger partial charge in [0.05, 0.1) is 11.6 Å². The highest BCUT2D eigenvalue weighted by Crippen LogP contribution is 2.25. The van der Waals surface area contributed by atoms with Gasteiger partial charge in [0.25, 0.3) is 11.5 Å². The number of carbonyl (C=O) groups is 2. The summed E-state index contributed by atoms with van der Waals surface area (Å²) in [5, 5.41) is 3.82. The van der Waals surface area contributed by atoms with Gasteiger partial charge in [-0.1, -0.05) is 6.08 Å². The minimum Gasteiger partial charge on any atom is -0.348 e. The number of H-pyrrole nitrogens is 1. The number of nitrogens with zero attached hydrogens (tertiary/aromatic N) is 4. The quantitative estimate of drug-likeness (QED) is 0.543. The summed E-state index contributed by atoms with van der Waals surface area (Å²) in [4.78, 5) is 49.8. The molecule has 0 aliphatic carbocycles. The molecule has 2 amide bonds. The van der Waals surface area contributed by atoms with Gasteiger partial charge in [-0.15, -0.1) is 0 Å². The van der Waals surface area contributed by atoms with E-state index in [1.165, 1.54) is 0 Å². The van der Waals surface area contributed by atoms with Crippen LogP contribution in [-0.2, 0) is 11.3 Å². The van der Waals surface area contributed by atoms with Crippen molar-refractivity contribution in [1.29, 1.82) is 0 Å². The second kappa shape index (κ2) is 10.9. The minimum absolute atomic E-state index is 0.161. The highest BCUT2D eigenvalue weighted by atomic mass is 16.2. The second-order valence-corrected chi connectivity index (χ2v) is 11.3. The summed E-state index contributed by atoms with van der Waals surface area (Å²) >= 11 is 0. The van der Waals surface area contributed by atoms with Crippen LogP contribution in [-0.4, -0.2) is 69.8 Å². The first-order valence-corrected chi connectivity index (χ1v) is 14.0. The Morgan fingerprint density at radius 1 is 1.18 bits per heavy atom. The van der Waals surface area contributed by atoms with Crippen LogP contribution in [0.4, 0.5) is 0 Å². The topological polar surface area (TPSA) is 101 Å². The fourth-order valence-electron chi connectivity index (χ4n) is 5.91. The Bertz CT molecular complexity index is 1530. The SMILES string of the molecule is CC(=O)N1CCC(N2CC=C(c3cc(C(=O)NCc4c(C)cc(C)[nH]c4=O)c4c(n3)=[N+](C(C)C)C=4)CC2)CC1. The van der Waals surface area contributed by atoms with Crippen LogP contribution in [0.1, 0.15) is 72.9 Å². The number of hydrogen-bond donors (Lipinski definition) is 2. The molecule has 0 atom stereocenters. The number of aromatic amines is 1. The molecule has 2 N–H and O–H groups in total. The molecule has 39 heavy (non-hydrogen) atoms. The first kappa shape index (κ1) is 27.0. The zero-order chi connectivity index (χ0) is 27.8. The van der Waals surface area contributed by atoms with Crippen LogP contribution in [0.25, 0.3) is 11.8 Å². The van der Waals surface area contributed by atoms with Crippen LogP contribution in [0.15, 0.2) is 23.0 Å². The molecule has 5 heterocycles. The van der Waals surface area contributed by atoms with Gasteiger partial charge in [0, 0.05) is 68.6 Å². The molecule has 9 heteroatoms. The van der Waals surface area contributed by atoms with Crippen LogP contribution < -0.4 is 26.2 Å². The predicted molar refractivity (Wildman–Crippen MR) is 151 cm³/mol. The number of rotatable bonds is 6. The Hall–Kier alpha value is -3.59. The zero-order valence-corrected chi connectivity index (χ0v) is 23.6. The van der Waals surface area contributed by atoms with Crippen molar-refractivity contribution in [3.05, 3.63) is 67.3 Å². The van der Waals surface area contributed by atoms with Crippen LogP contribution in [0, 0.1) is 13.8 Å². The third kappa shape index (κ3) is 5.45. The van der Waals surface area contributed by atoms with Gasteiger partial charge in [0.2, 0.25) is 5.91 Å². The Labute approximate surface area is 228 Å². The lowest BCUT2D eigenvalue weighted by Gasteiger charge is -2.39. The van der Waals surface area contributed by atoms with Crippen molar-refractivity contribution in [2.24, 2.45) is 0 Å². The molecule has 0 saturated carbocycles. The fourth-order valence-corrected chi connectivity index (χ4v) is 5.91. The molecule has 2 aromatic rings. The van der Waals surface area contributed by atoms with Crippen molar-refractivity contribution in [2.75, 3.05) is 26.2 Å². The molecule has 3 aliphatic rings. The molecular formula is C30H39N6O3+. The first-order chi connectivity index (χ1) is 18.6. The number of piperidine rings is 1. The van der Waals surface area contributed by atoms with Crippen molar-refractivity contribution in [2.45, 2.75) is 72.5 Å². The van der Waals surface area contributed by atoms with Gasteiger partial charge in [0.1, 0.15) is 11.4 Å². The molecule has 0 unspecified atom stereocenters. The van der Waals surface area contributed by atoms with Crippen LogP contribution >= 0.6 is 0 Å². The van der Waals surface area contributed by atoms with Gasteiger partial charge < -0.3 is 15.2 Å². The Balaban J connectivity index is 1.36. The van der Waals surface area contributed by atoms with Crippen LogP contribution in [0.5, 0.6) is 0 Å². The first-order valence-electron chi connectivity index (χ1n) is 14.0. The average Bonchev–Trinajstić information content (AvgIpc) is 2.88. The highest BCUT2D eigenvalue weighted by molar-refractivity contribution is 5.95. The molecule has 0 spiro atoms. The van der Waals surface area contributed by atoms with Crippen molar-refractivity contribution in [3.8, 4) is 0 Å². The van der Waals surface area contributed by atoms with E-state index in [0.717, 1.165) is 78.7 Å². The van der Waals surface area contributed by atoms with Crippen molar-refractivity contribution in [3.63, 3.8) is 0 Å². The summed E-state index contributed by atoms with van der Waals surface area (Å²) in [5.41, 5.74) is 5.48. The maximum absolute atomic E-state index is 13.4. The van der Waals surface area contributed by atoms with Crippen molar-refractivity contribution in [1.82, 2.24) is 29.7 Å². The number of amides is 2. The van der Waals surface area contributed by atoms with E-state index in [9.17, 15) is 14.4 Å². The monoisotopic (exact) mass is 531 g/mol. The lowest BCUT2D eigenvalue weighted by molar-refractivity contribution is -0.130. The maximum atomic E-state index is 13.4. The summed E-state index contributed by atoms with van der Waals surface area (Å²) in [5.74, 6) is -0.0430. The lowest BCUT2D eigenvalue weighted by Crippen LogP contribution is -2.55. The minimum atomic E-state index is -0.204. The van der Waals surface area contributed by atoms with Gasteiger partial charge in [0.15, 0.2) is 5.69 Å². The summed E-state index contributed by atoms with van der Waals surface area (Å²) in [7, 11) is 0. The van der Waals surface area contributed by atoms with E-state index in [-0.39, 0.29) is 30.0 Å². The van der Waals surface area contributed by atoms with E-state index < -0.39 is 0 Å². The number of nitrogens with one attached hydrogen (secondary N) is 2. The van der Waals surface area contributed by atoms with Crippen molar-refractivity contribution >= 4 is 23.6 Å². The zero-order valence-electron chi connectivity index (χ0n) is 23.6. The number of carbonyl (C=O) groups excluding carboxylic acids is 2. The fraction of sp³-hybridized carbons (Fsp3) is 0.500. The highest BCUT2D eigenvalue weighted by Gasteiger charge is 2.30. The predicted octanol–water partition coefficient (Wildman–Crippen LogP) is 1.07. The largest absolute Gasteiger partial charge is 0.348 e. The van der Waals surface area contributed by atoms with Gasteiger partial charge in [-0.2, -0.15) is 0 Å². The average molecular weight is 532 g/mol. The Kier molecular flexibility index (Phi) is 7.53. The van der Waals surface area contributed by atoms with E-state index in [4.69, 9.17) is 4.98 Å². The summed E-state index contributed by atoms with van der Waals surface area (Å²) in [6.07, 6.45) is 7.11. The number of hydrogen-bond acceptors (Lipinski definition) is 5. The summed E-state index contributed by atoms with van der Waals surface area (Å²) < 4.78 is 2.10. The molecule has 5 rings (SSSR count). The molecule has 9 nitrogen and oxygen atoms in total. The molecule has 0 aromatic carbocycles. The maximum Gasteiger partial charge on any atom is 0.335 e. The number of aromatic nitrogens is 2. The second-order valence-electron chi connectivity index (χ2n) is 11.3. The lowest BCUT2D eigenvalue weighted by atomic mass is 9.97. The molecular weight excluding hydrogens is 492 g/mol. The molecule has 1 fully saturated rings. The molecule has 0 bridgehead atoms. The summed E-state index contributed by atoms with van der Waals surface area (Å²) in [6, 6.07) is 4.55. The Morgan fingerprint density at radius 3 is 2.54 bits per heavy atom. The van der Waals surface area contributed by atoms with Crippen LogP contribution in [0.3, 0.4) is 0 Å². The number of fused-ring (bicyclic) bond motifs is 1. The van der Waals surface area contributed by atoms with Gasteiger partial charge in [-0.3, -0.25) is 19.3 Å². The third-order valence-corrected chi connectivity index (χ3v) is 8.27. The third-order valence-electron chi connectivity index (χ3n) is 8.27. The van der Waals surface area contributed by atoms with Crippen molar-refractivity contribution < 1.29 is 9.59 Å². The van der Waals surface area contributed by atoms with Gasteiger partial charge >= 0.3 is 5.49 Å². The molecule has 3 aliphatic heterocycles. The number of aryl methyl sites for hydroxylation is 2. The van der Waals surface area contributed by atoms with E-state index in [1.807, 2.05) is 37.1 Å². The van der Waals surface area contributed by atoms with Crippen LogP contribution in [0.2, 0.25) is 0 Å². The Morgan fingerprint density at radius 2 is 1.92 bits per heavy atom. The number of pyridine rings is 2. The summed E-state index contributed by atoms with van der Waals surface area (Å²) in [6.45, 7) is 13.2. The van der Waals surface area contributed by atoms with Gasteiger partial charge in [-0.05, 0) is 63.6 Å². The standard InChI is InChI=1S/C30H38N6O3/c1-18(2)36-17-26-24(29(38)31-16-25-19(3)14-20(4)32-30(25)39)15-27(33-28(26)36)22-6-10-35(11-7-22)23-8-12-34(13-9-23)21(5)37/h6,14-15,17-18,23H,7-13,16H2,1-5H3,(H-,31,32,38,39)/p+1. The molecule has 1 saturated heterocycles.